The number of hydrogen-bond donors (Lipinski definition) is 3. The van der Waals surface area contributed by atoms with Gasteiger partial charge in [0.05, 0.1) is 47.3 Å². The molecule has 3 amide bonds. The summed E-state index contributed by atoms with van der Waals surface area (Å²) in [6.07, 6.45) is 14.0. The molecule has 9 atom stereocenters. The second-order valence-corrected chi connectivity index (χ2v) is 17.0. The minimum absolute atomic E-state index is 0.0226. The second kappa shape index (κ2) is 20.8. The van der Waals surface area contributed by atoms with Crippen LogP contribution in [-0.4, -0.2) is 108 Å². The number of thiazole rings is 1. The Morgan fingerprint density at radius 2 is 1.85 bits per heavy atom. The number of thiocarbonyl (C=S) groups is 1. The quantitative estimate of drug-likeness (QED) is 0.144. The van der Waals surface area contributed by atoms with Crippen LogP contribution in [0.2, 0.25) is 0 Å². The number of ether oxygens (including phenoxy) is 2. The summed E-state index contributed by atoms with van der Waals surface area (Å²) in [5.41, 5.74) is -0.847. The summed E-state index contributed by atoms with van der Waals surface area (Å²) in [4.78, 5) is 50.5. The number of aromatic nitrogens is 1. The maximum absolute atomic E-state index is 14.3. The molecule has 1 aliphatic heterocycles. The number of allylic oxidation sites excluding steroid dienone is 4. The molecular formula is C40H66N6O5S2. The number of carbonyl (C=O) groups is 3. The maximum Gasteiger partial charge on any atom is 0.245 e. The van der Waals surface area contributed by atoms with Gasteiger partial charge >= 0.3 is 0 Å². The number of nitrogens with one attached hydrogen (secondary N) is 3. The van der Waals surface area contributed by atoms with Crippen LogP contribution in [-0.2, 0) is 23.9 Å². The lowest BCUT2D eigenvalue weighted by Gasteiger charge is -2.41. The van der Waals surface area contributed by atoms with Gasteiger partial charge in [-0.25, -0.2) is 4.98 Å². The Balaban J connectivity index is 1.77. The van der Waals surface area contributed by atoms with Gasteiger partial charge in [-0.3, -0.25) is 14.4 Å². The smallest absolute Gasteiger partial charge is 0.245 e. The topological polar surface area (TPSA) is 125 Å². The third-order valence-electron chi connectivity index (χ3n) is 11.3. The predicted molar refractivity (Wildman–Crippen MR) is 218 cm³/mol. The molecule has 4 unspecified atom stereocenters. The molecule has 0 saturated carbocycles. The summed E-state index contributed by atoms with van der Waals surface area (Å²) >= 11 is 7.67. The van der Waals surface area contributed by atoms with Crippen molar-refractivity contribution in [2.75, 3.05) is 34.9 Å². The maximum atomic E-state index is 14.3. The van der Waals surface area contributed by atoms with Gasteiger partial charge < -0.3 is 35.2 Å². The molecule has 0 bridgehead atoms. The van der Waals surface area contributed by atoms with E-state index in [1.54, 1.807) is 58.4 Å². The highest BCUT2D eigenvalue weighted by Crippen LogP contribution is 2.32. The summed E-state index contributed by atoms with van der Waals surface area (Å²) in [6, 6.07) is -1.33. The number of carbonyl (C=O) groups excluding carboxylic acids is 3. The zero-order valence-electron chi connectivity index (χ0n) is 33.9. The van der Waals surface area contributed by atoms with E-state index in [0.29, 0.717) is 17.5 Å². The number of hydrogen-bond acceptors (Lipinski definition) is 9. The Labute approximate surface area is 328 Å². The van der Waals surface area contributed by atoms with Crippen LogP contribution in [0, 0.1) is 23.7 Å². The Morgan fingerprint density at radius 1 is 1.13 bits per heavy atom. The van der Waals surface area contributed by atoms with E-state index >= 15 is 0 Å². The Kier molecular flexibility index (Phi) is 17.6. The zero-order valence-corrected chi connectivity index (χ0v) is 35.5. The molecule has 3 N–H and O–H groups in total. The summed E-state index contributed by atoms with van der Waals surface area (Å²) in [6.45, 7) is 14.2. The van der Waals surface area contributed by atoms with Gasteiger partial charge in [0.2, 0.25) is 17.7 Å². The van der Waals surface area contributed by atoms with Crippen molar-refractivity contribution in [1.29, 1.82) is 0 Å². The predicted octanol–water partition coefficient (Wildman–Crippen LogP) is 5.68. The van der Waals surface area contributed by atoms with Crippen molar-refractivity contribution < 1.29 is 23.9 Å². The number of methoxy groups -OCH3 is 2. The fraction of sp³-hybridized carbons (Fsp3) is 0.725. The van der Waals surface area contributed by atoms with Crippen molar-refractivity contribution in [1.82, 2.24) is 30.7 Å². The third kappa shape index (κ3) is 11.6. The molecule has 1 saturated heterocycles. The lowest BCUT2D eigenvalue weighted by molar-refractivity contribution is -0.147. The molecule has 2 heterocycles. The summed E-state index contributed by atoms with van der Waals surface area (Å²) in [5.74, 6) is -0.405. The molecule has 1 aromatic heterocycles. The largest absolute Gasteiger partial charge is 0.379 e. The highest BCUT2D eigenvalue weighted by atomic mass is 32.1. The first-order valence-electron chi connectivity index (χ1n) is 19.3. The minimum Gasteiger partial charge on any atom is -0.379 e. The molecule has 53 heavy (non-hydrogen) atoms. The van der Waals surface area contributed by atoms with Gasteiger partial charge in [-0.1, -0.05) is 77.6 Å². The highest BCUT2D eigenvalue weighted by Gasteiger charge is 2.43. The van der Waals surface area contributed by atoms with Crippen LogP contribution in [0.4, 0.5) is 0 Å². The van der Waals surface area contributed by atoms with Crippen molar-refractivity contribution >= 4 is 46.3 Å². The molecule has 11 nitrogen and oxygen atoms in total. The standard InChI is InChI=1S/C40H66N6O5S2/c1-12-26(4)34(45(9)38(48)33(25(2)3)44-39(49)40(6,7)41-8)31(50-10)24-32(47)46-21-16-19-30(46)35(51-11)27(5)36(52)43-29(37-42-20-22-53-37)23-28-17-14-13-15-18-28/h13-15,17,20,22,25-31,33-35,41H,12,16,18-19,21,23-24H2,1-11H3,(H,43,52)(H,44,49)/t26-,27?,28?,29-,30?,31+,33?,34-,35+/m0/s1. The minimum atomic E-state index is -0.847. The molecule has 0 spiro atoms. The summed E-state index contributed by atoms with van der Waals surface area (Å²) in [7, 11) is 6.78. The SMILES string of the molecule is CC[C@H](C)[C@@H]([C@@H](CC(=O)N1CCCC1[C@H](OC)C(C)C(=S)N[C@@H](CC1C=CC=CC1)c1nccs1)OC)N(C)C(=O)C(NC(=O)C(C)(C)NC)C(C)C. The van der Waals surface area contributed by atoms with Gasteiger partial charge in [-0.2, -0.15) is 0 Å². The van der Waals surface area contributed by atoms with Crippen molar-refractivity contribution in [3.8, 4) is 0 Å². The molecule has 0 aromatic carbocycles. The fourth-order valence-corrected chi connectivity index (χ4v) is 8.49. The van der Waals surface area contributed by atoms with Crippen LogP contribution in [0.5, 0.6) is 0 Å². The van der Waals surface area contributed by atoms with Crippen LogP contribution in [0.1, 0.15) is 98.0 Å². The van der Waals surface area contributed by atoms with E-state index < -0.39 is 23.7 Å². The van der Waals surface area contributed by atoms with Crippen LogP contribution < -0.4 is 16.0 Å². The average molecular weight is 775 g/mol. The molecular weight excluding hydrogens is 709 g/mol. The van der Waals surface area contributed by atoms with Crippen molar-refractivity contribution in [2.45, 2.75) is 129 Å². The summed E-state index contributed by atoms with van der Waals surface area (Å²) < 4.78 is 12.2. The van der Waals surface area contributed by atoms with Crippen LogP contribution in [0.15, 0.2) is 35.9 Å². The van der Waals surface area contributed by atoms with Crippen molar-refractivity contribution in [2.24, 2.45) is 23.7 Å². The third-order valence-corrected chi connectivity index (χ3v) is 12.7. The van der Waals surface area contributed by atoms with Crippen molar-refractivity contribution in [3.05, 3.63) is 40.9 Å². The van der Waals surface area contributed by atoms with Crippen LogP contribution >= 0.6 is 23.6 Å². The number of nitrogens with zero attached hydrogens (tertiary/aromatic N) is 3. The lowest BCUT2D eigenvalue weighted by Crippen LogP contribution is -2.61. The molecule has 3 rings (SSSR count). The number of likely N-dealkylation sites (N-methyl/N-ethyl adjacent to an activating group) is 2. The van der Waals surface area contributed by atoms with E-state index in [1.165, 1.54) is 0 Å². The molecule has 1 aromatic rings. The molecule has 0 radical (unpaired) electrons. The van der Waals surface area contributed by atoms with E-state index in [2.05, 4.69) is 66.0 Å². The number of rotatable bonds is 20. The normalized spacial score (nSPS) is 21.4. The second-order valence-electron chi connectivity index (χ2n) is 15.6. The monoisotopic (exact) mass is 774 g/mol. The Hall–Kier alpha value is -2.71. The molecule has 13 heteroatoms. The van der Waals surface area contributed by atoms with Gasteiger partial charge in [0.1, 0.15) is 11.0 Å². The van der Waals surface area contributed by atoms with Crippen molar-refractivity contribution in [3.63, 3.8) is 0 Å². The van der Waals surface area contributed by atoms with E-state index in [1.807, 2.05) is 30.3 Å². The first-order valence-corrected chi connectivity index (χ1v) is 20.5. The van der Waals surface area contributed by atoms with Crippen LogP contribution in [0.3, 0.4) is 0 Å². The van der Waals surface area contributed by atoms with Gasteiger partial charge in [0, 0.05) is 45.3 Å². The van der Waals surface area contributed by atoms with Gasteiger partial charge in [-0.05, 0) is 64.3 Å². The van der Waals surface area contributed by atoms with Gasteiger partial charge in [0.15, 0.2) is 0 Å². The van der Waals surface area contributed by atoms with E-state index in [4.69, 9.17) is 21.7 Å². The molecule has 1 aliphatic carbocycles. The first kappa shape index (κ1) is 44.7. The molecule has 2 aliphatic rings. The highest BCUT2D eigenvalue weighted by molar-refractivity contribution is 7.80. The Morgan fingerprint density at radius 3 is 2.40 bits per heavy atom. The van der Waals surface area contributed by atoms with E-state index in [9.17, 15) is 14.4 Å². The first-order chi connectivity index (χ1) is 25.1. The van der Waals surface area contributed by atoms with E-state index in [-0.39, 0.29) is 60.1 Å². The zero-order chi connectivity index (χ0) is 39.5. The van der Waals surface area contributed by atoms with Gasteiger partial charge in [-0.15, -0.1) is 11.3 Å². The average Bonchev–Trinajstić information content (AvgIpc) is 3.87. The summed E-state index contributed by atoms with van der Waals surface area (Å²) in [5, 5.41) is 12.6. The Bertz CT molecular complexity index is 1400. The fourth-order valence-electron chi connectivity index (χ4n) is 7.51. The molecule has 1 fully saturated rings. The van der Waals surface area contributed by atoms with Gasteiger partial charge in [0.25, 0.3) is 0 Å². The lowest BCUT2D eigenvalue weighted by atomic mass is 9.89. The number of likely N-dealkylation sites (tertiary alicyclic amines) is 1. The van der Waals surface area contributed by atoms with Crippen LogP contribution in [0.25, 0.3) is 0 Å². The number of amides is 3. The molecule has 298 valence electrons. The van der Waals surface area contributed by atoms with E-state index in [0.717, 1.165) is 37.1 Å².